The number of carbonyl (C=O) groups excluding carboxylic acids is 4. The van der Waals surface area contributed by atoms with E-state index < -0.39 is 17.6 Å². The largest absolute Gasteiger partial charge is 0.453 e. The van der Waals surface area contributed by atoms with Crippen LogP contribution >= 0.6 is 0 Å². The van der Waals surface area contributed by atoms with Crippen molar-refractivity contribution < 1.29 is 23.9 Å². The molecule has 11 nitrogen and oxygen atoms in total. The van der Waals surface area contributed by atoms with Gasteiger partial charge in [-0.25, -0.2) is 14.1 Å². The van der Waals surface area contributed by atoms with Crippen LogP contribution in [0, 0.1) is 23.2 Å². The van der Waals surface area contributed by atoms with Gasteiger partial charge in [-0.3, -0.25) is 14.3 Å². The number of benzene rings is 1. The Morgan fingerprint density at radius 2 is 1.91 bits per heavy atom. The Hall–Kier alpha value is -3.73. The number of carbonyl (C=O) groups is 4. The van der Waals surface area contributed by atoms with Crippen LogP contribution in [-0.4, -0.2) is 83.9 Å². The number of rotatable bonds is 8. The highest BCUT2D eigenvalue weighted by Gasteiger charge is 2.76. The summed E-state index contributed by atoms with van der Waals surface area (Å²) >= 11 is 0. The van der Waals surface area contributed by atoms with Crippen molar-refractivity contribution in [3.8, 4) is 0 Å². The molecule has 3 aliphatic carbocycles. The van der Waals surface area contributed by atoms with Gasteiger partial charge in [0, 0.05) is 56.2 Å². The monoisotopic (exact) mass is 631 g/mol. The lowest BCUT2D eigenvalue weighted by atomic mass is 9.64. The van der Waals surface area contributed by atoms with E-state index in [1.165, 1.54) is 11.8 Å². The molecule has 6 unspecified atom stereocenters. The van der Waals surface area contributed by atoms with Gasteiger partial charge in [-0.15, -0.1) is 0 Å². The number of aryl methyl sites for hydroxylation is 1. The van der Waals surface area contributed by atoms with Gasteiger partial charge in [0.25, 0.3) is 5.91 Å². The first kappa shape index (κ1) is 30.9. The molecule has 5 fully saturated rings. The number of aromatic nitrogens is 2. The molecule has 3 heterocycles. The first-order chi connectivity index (χ1) is 21.9. The number of methoxy groups -OCH3 is 1. The standard InChI is InChI=1S/C35H46N6O5/c1-21(22-12-13-22)37-32(44)35(15-17-40(20-35)33(45)46-5)24-10-7-11-25(18-24)41(4)27-19-34(27,2)28(23-8-6-9-23)29(31(41)43)38-30(42)26-14-16-36-39(26)3/h7,10-11,14,16,18,21-23,27-29H,6,8-9,12-13,15,17,19-20H2,1-5H3,(H-,37,38,42,44)/p+1/t21?,27?,28?,29-,34?,35?,41?/m0/s1. The molecule has 2 saturated heterocycles. The molecule has 7 atom stereocenters. The van der Waals surface area contributed by atoms with Crippen molar-refractivity contribution in [2.75, 3.05) is 27.2 Å². The van der Waals surface area contributed by atoms with E-state index in [0.717, 1.165) is 49.8 Å². The Balaban J connectivity index is 1.26. The average Bonchev–Trinajstić information content (AvgIpc) is 3.90. The zero-order chi connectivity index (χ0) is 32.6. The van der Waals surface area contributed by atoms with Gasteiger partial charge in [0.1, 0.15) is 23.5 Å². The molecular weight excluding hydrogens is 584 g/mol. The van der Waals surface area contributed by atoms with Crippen molar-refractivity contribution in [2.24, 2.45) is 30.2 Å². The highest BCUT2D eigenvalue weighted by Crippen LogP contribution is 2.66. The highest BCUT2D eigenvalue weighted by atomic mass is 16.5. The van der Waals surface area contributed by atoms with E-state index in [2.05, 4.69) is 29.6 Å². The van der Waals surface area contributed by atoms with Gasteiger partial charge < -0.3 is 20.3 Å². The van der Waals surface area contributed by atoms with Crippen LogP contribution in [0.4, 0.5) is 10.5 Å². The molecule has 46 heavy (non-hydrogen) atoms. The Kier molecular flexibility index (Phi) is 7.34. The predicted molar refractivity (Wildman–Crippen MR) is 172 cm³/mol. The maximum absolute atomic E-state index is 14.9. The van der Waals surface area contributed by atoms with Crippen LogP contribution in [0.5, 0.6) is 0 Å². The number of ether oxygens (including phenoxy) is 1. The molecule has 2 aromatic rings. The van der Waals surface area contributed by atoms with Crippen LogP contribution in [-0.2, 0) is 26.8 Å². The molecule has 246 valence electrons. The van der Waals surface area contributed by atoms with E-state index >= 15 is 0 Å². The number of hydrogen-bond donors (Lipinski definition) is 2. The minimum Gasteiger partial charge on any atom is -0.453 e. The van der Waals surface area contributed by atoms with Crippen molar-refractivity contribution >= 4 is 29.5 Å². The zero-order valence-corrected chi connectivity index (χ0v) is 27.6. The molecule has 11 heteroatoms. The summed E-state index contributed by atoms with van der Waals surface area (Å²) in [5, 5.41) is 10.6. The van der Waals surface area contributed by atoms with Crippen molar-refractivity contribution in [3.63, 3.8) is 0 Å². The average molecular weight is 632 g/mol. The number of piperidine rings is 1. The van der Waals surface area contributed by atoms with Gasteiger partial charge in [0.2, 0.25) is 5.91 Å². The molecule has 1 aromatic heterocycles. The smallest absolute Gasteiger partial charge is 0.409 e. The summed E-state index contributed by atoms with van der Waals surface area (Å²) in [6.07, 6.45) is 8.00. The quantitative estimate of drug-likeness (QED) is 0.430. The summed E-state index contributed by atoms with van der Waals surface area (Å²) in [6.45, 7) is 4.95. The van der Waals surface area contributed by atoms with E-state index in [1.54, 1.807) is 24.2 Å². The third kappa shape index (κ3) is 4.67. The van der Waals surface area contributed by atoms with Crippen LogP contribution < -0.4 is 15.1 Å². The maximum atomic E-state index is 14.9. The fourth-order valence-electron chi connectivity index (χ4n) is 9.14. The molecule has 5 aliphatic rings. The minimum absolute atomic E-state index is 0.0204. The van der Waals surface area contributed by atoms with Crippen molar-refractivity contribution in [1.82, 2.24) is 29.8 Å². The van der Waals surface area contributed by atoms with Crippen LogP contribution in [0.15, 0.2) is 36.5 Å². The first-order valence-electron chi connectivity index (χ1n) is 16.9. The number of likely N-dealkylation sites (tertiary alicyclic amines) is 2. The topological polar surface area (TPSA) is 123 Å². The van der Waals surface area contributed by atoms with Gasteiger partial charge in [-0.05, 0) is 55.7 Å². The van der Waals surface area contributed by atoms with Crippen molar-refractivity contribution in [2.45, 2.75) is 82.3 Å². The first-order valence-corrected chi connectivity index (χ1v) is 16.9. The second-order valence-corrected chi connectivity index (χ2v) is 15.0. The number of fused-ring (bicyclic) bond motifs is 1. The summed E-state index contributed by atoms with van der Waals surface area (Å²) in [4.78, 5) is 56.9. The van der Waals surface area contributed by atoms with Crippen LogP contribution in [0.25, 0.3) is 0 Å². The normalized spacial score (nSPS) is 34.3. The molecule has 0 spiro atoms. The SMILES string of the molecule is COC(=O)N1CCC(C(=O)NC(C)C2CC2)(c2cccc([N+]3(C)C(=O)[C@@H](NC(=O)c4ccnn4C)C(C4CCC4)C4(C)CC43)c2)C1. The maximum Gasteiger partial charge on any atom is 0.409 e. The Bertz CT molecular complexity index is 1580. The molecule has 0 bridgehead atoms. The third-order valence-electron chi connectivity index (χ3n) is 12.5. The molecule has 1 aromatic carbocycles. The van der Waals surface area contributed by atoms with Crippen LogP contribution in [0.3, 0.4) is 0 Å². The predicted octanol–water partition coefficient (Wildman–Crippen LogP) is 3.52. The van der Waals surface area contributed by atoms with Gasteiger partial charge >= 0.3 is 12.0 Å². The summed E-state index contributed by atoms with van der Waals surface area (Å²) in [5.74, 6) is 0.544. The molecule has 7 rings (SSSR count). The van der Waals surface area contributed by atoms with E-state index in [4.69, 9.17) is 4.74 Å². The summed E-state index contributed by atoms with van der Waals surface area (Å²) in [6, 6.07) is 9.03. The fourth-order valence-corrected chi connectivity index (χ4v) is 9.14. The third-order valence-corrected chi connectivity index (χ3v) is 12.5. The molecule has 4 amide bonds. The summed E-state index contributed by atoms with van der Waals surface area (Å²) in [7, 11) is 5.07. The van der Waals surface area contributed by atoms with Crippen LogP contribution in [0.1, 0.15) is 74.8 Å². The molecule has 2 aliphatic heterocycles. The van der Waals surface area contributed by atoms with Gasteiger partial charge in [-0.2, -0.15) is 5.10 Å². The fraction of sp³-hybridized carbons (Fsp3) is 0.629. The Labute approximate surface area is 270 Å². The second kappa shape index (κ2) is 10.9. The number of hydrogen-bond acceptors (Lipinski definition) is 6. The lowest BCUT2D eigenvalue weighted by Crippen LogP contribution is -2.69. The second-order valence-electron chi connectivity index (χ2n) is 15.0. The number of nitrogens with one attached hydrogen (secondary N) is 2. The lowest BCUT2D eigenvalue weighted by Gasteiger charge is -2.49. The Morgan fingerprint density at radius 3 is 2.54 bits per heavy atom. The van der Waals surface area contributed by atoms with Crippen molar-refractivity contribution in [3.05, 3.63) is 47.8 Å². The number of quaternary nitrogens is 1. The van der Waals surface area contributed by atoms with E-state index in [0.29, 0.717) is 30.5 Å². The molecule has 0 radical (unpaired) electrons. The molecule has 3 saturated carbocycles. The Morgan fingerprint density at radius 1 is 1.15 bits per heavy atom. The zero-order valence-electron chi connectivity index (χ0n) is 27.6. The molecule has 2 N–H and O–H groups in total. The molecular formula is C35H47N6O5+. The van der Waals surface area contributed by atoms with E-state index in [9.17, 15) is 19.2 Å². The number of nitrogens with zero attached hydrogens (tertiary/aromatic N) is 4. The number of likely N-dealkylation sites (N-methyl/N-ethyl adjacent to an activating group) is 1. The highest BCUT2D eigenvalue weighted by molar-refractivity contribution is 6.01. The summed E-state index contributed by atoms with van der Waals surface area (Å²) < 4.78 is 6.63. The van der Waals surface area contributed by atoms with Gasteiger partial charge in [0.05, 0.1) is 19.6 Å². The van der Waals surface area contributed by atoms with E-state index in [-0.39, 0.29) is 52.2 Å². The summed E-state index contributed by atoms with van der Waals surface area (Å²) in [5.41, 5.74) is 0.937. The van der Waals surface area contributed by atoms with E-state index in [1.807, 2.05) is 31.3 Å². The number of amides is 4. The van der Waals surface area contributed by atoms with Gasteiger partial charge in [0.15, 0.2) is 0 Å². The van der Waals surface area contributed by atoms with Gasteiger partial charge in [-0.1, -0.05) is 38.3 Å². The van der Waals surface area contributed by atoms with Crippen molar-refractivity contribution in [1.29, 1.82) is 0 Å². The van der Waals surface area contributed by atoms with Crippen LogP contribution in [0.2, 0.25) is 0 Å². The minimum atomic E-state index is -0.972. The lowest BCUT2D eigenvalue weighted by molar-refractivity contribution is -0.140.